The monoisotopic (exact) mass is 538 g/mol. The maximum absolute atomic E-state index is 12.9. The van der Waals surface area contributed by atoms with Crippen LogP contribution in [0.5, 0.6) is 6.01 Å². The zero-order chi connectivity index (χ0) is 25.3. The average Bonchev–Trinajstić information content (AvgIpc) is 3.23. The van der Waals surface area contributed by atoms with Crippen LogP contribution in [0, 0.1) is 0 Å². The largest absolute Gasteiger partial charge is 0.479 e. The van der Waals surface area contributed by atoms with Crippen molar-refractivity contribution in [1.29, 1.82) is 0 Å². The standard InChI is InChI=1S/C18H18N8O6S3/c1-32-25-10(7-5-35-17(20)21-7)13(27)24-11-14(28)26-12(16(29)30)6(4-34-15(11)26)3-33-9-2-8(19)22-18(31)23-9/h2,5,11,15H,3-4H2,1H3,(H2,20,21)(H,24,27)(H,29,30)(H3,19,22,23,31)/t11-,15+/m1/s1. The number of fused-ring (bicyclic) bond motifs is 1. The van der Waals surface area contributed by atoms with Gasteiger partial charge in [-0.15, -0.1) is 34.9 Å². The first-order valence-corrected chi connectivity index (χ1v) is 12.6. The van der Waals surface area contributed by atoms with Gasteiger partial charge in [-0.25, -0.2) is 9.78 Å². The second-order valence-electron chi connectivity index (χ2n) is 7.03. The fourth-order valence-electron chi connectivity index (χ4n) is 3.36. The van der Waals surface area contributed by atoms with Gasteiger partial charge in [0.1, 0.15) is 40.8 Å². The van der Waals surface area contributed by atoms with E-state index in [9.17, 15) is 24.6 Å². The minimum Gasteiger partial charge on any atom is -0.479 e. The molecular formula is C18H18N8O6S3. The van der Waals surface area contributed by atoms with Crippen molar-refractivity contribution in [2.75, 3.05) is 30.1 Å². The fourth-order valence-corrected chi connectivity index (χ4v) is 6.30. The number of carboxylic acids is 1. The summed E-state index contributed by atoms with van der Waals surface area (Å²) in [6.45, 7) is 0. The second kappa shape index (κ2) is 9.96. The zero-order valence-electron chi connectivity index (χ0n) is 17.9. The third kappa shape index (κ3) is 4.96. The lowest BCUT2D eigenvalue weighted by atomic mass is 10.0. The van der Waals surface area contributed by atoms with Gasteiger partial charge in [0, 0.05) is 23.0 Å². The number of nitrogens with one attached hydrogen (secondary N) is 1. The lowest BCUT2D eigenvalue weighted by Crippen LogP contribution is -2.71. The number of aliphatic carboxylic acids is 1. The van der Waals surface area contributed by atoms with Crippen LogP contribution in [0.1, 0.15) is 5.69 Å². The molecule has 4 rings (SSSR count). The lowest BCUT2D eigenvalue weighted by Gasteiger charge is -2.49. The number of carbonyl (C=O) groups excluding carboxylic acids is 2. The third-order valence-corrected chi connectivity index (χ3v) is 7.81. The molecule has 184 valence electrons. The molecule has 0 radical (unpaired) electrons. The number of oxime groups is 1. The normalized spacial score (nSPS) is 19.7. The molecule has 2 amide bonds. The van der Waals surface area contributed by atoms with E-state index < -0.39 is 35.2 Å². The van der Waals surface area contributed by atoms with Gasteiger partial charge in [0.25, 0.3) is 11.8 Å². The summed E-state index contributed by atoms with van der Waals surface area (Å²) in [6, 6.07) is -0.0152. The summed E-state index contributed by atoms with van der Waals surface area (Å²) in [5, 5.41) is 27.1. The van der Waals surface area contributed by atoms with Gasteiger partial charge < -0.3 is 31.8 Å². The Labute approximate surface area is 209 Å². The maximum Gasteiger partial charge on any atom is 0.352 e. The number of rotatable bonds is 8. The van der Waals surface area contributed by atoms with E-state index in [1.54, 1.807) is 0 Å². The molecule has 14 nitrogen and oxygen atoms in total. The number of thiazole rings is 1. The summed E-state index contributed by atoms with van der Waals surface area (Å²) >= 11 is 3.56. The second-order valence-corrected chi connectivity index (χ2v) is 10.0. The molecule has 7 N–H and O–H groups in total. The molecule has 0 spiro atoms. The minimum absolute atomic E-state index is 0.0683. The Balaban J connectivity index is 1.49. The number of nitrogen functional groups attached to an aromatic ring is 2. The van der Waals surface area contributed by atoms with E-state index in [0.29, 0.717) is 16.4 Å². The number of hydrogen-bond acceptors (Lipinski definition) is 14. The van der Waals surface area contributed by atoms with Gasteiger partial charge in [0.15, 0.2) is 10.8 Å². The molecule has 0 saturated carbocycles. The van der Waals surface area contributed by atoms with E-state index in [2.05, 4.69) is 25.4 Å². The number of carbonyl (C=O) groups is 3. The van der Waals surface area contributed by atoms with Crippen molar-refractivity contribution in [3.63, 3.8) is 0 Å². The quantitative estimate of drug-likeness (QED) is 0.0958. The number of thioether (sulfide) groups is 2. The molecule has 0 unspecified atom stereocenters. The fraction of sp³-hybridized carbons (Fsp3) is 0.278. The number of anilines is 2. The number of β-lactam (4-membered cyclic amide) rings is 1. The van der Waals surface area contributed by atoms with E-state index in [0.717, 1.165) is 28.0 Å². The van der Waals surface area contributed by atoms with E-state index >= 15 is 0 Å². The van der Waals surface area contributed by atoms with E-state index in [1.807, 2.05) is 0 Å². The molecule has 0 aliphatic carbocycles. The van der Waals surface area contributed by atoms with Crippen LogP contribution in [0.4, 0.5) is 10.9 Å². The van der Waals surface area contributed by atoms with Crippen LogP contribution in [-0.4, -0.2) is 83.6 Å². The van der Waals surface area contributed by atoms with E-state index in [-0.39, 0.29) is 33.8 Å². The van der Waals surface area contributed by atoms with Crippen LogP contribution in [0.2, 0.25) is 0 Å². The summed E-state index contributed by atoms with van der Waals surface area (Å²) < 4.78 is 0. The summed E-state index contributed by atoms with van der Waals surface area (Å²) in [4.78, 5) is 55.0. The number of aromatic hydroxyl groups is 1. The minimum atomic E-state index is -1.27. The first kappa shape index (κ1) is 24.6. The molecule has 17 heteroatoms. The molecule has 2 aliphatic heterocycles. The van der Waals surface area contributed by atoms with Gasteiger partial charge >= 0.3 is 12.0 Å². The Bertz CT molecular complexity index is 1240. The molecule has 2 aliphatic rings. The molecule has 2 aromatic rings. The highest BCUT2D eigenvalue weighted by Crippen LogP contribution is 2.41. The Morgan fingerprint density at radius 1 is 1.37 bits per heavy atom. The zero-order valence-corrected chi connectivity index (χ0v) is 20.3. The van der Waals surface area contributed by atoms with Gasteiger partial charge in [-0.2, -0.15) is 9.97 Å². The molecule has 4 heterocycles. The van der Waals surface area contributed by atoms with Crippen LogP contribution >= 0.6 is 34.9 Å². The predicted octanol–water partition coefficient (Wildman–Crippen LogP) is -0.315. The summed E-state index contributed by atoms with van der Waals surface area (Å²) in [5.74, 6) is -2.00. The number of hydrogen-bond donors (Lipinski definition) is 5. The van der Waals surface area contributed by atoms with Crippen molar-refractivity contribution in [3.8, 4) is 6.01 Å². The van der Waals surface area contributed by atoms with Crippen LogP contribution in [-0.2, 0) is 19.2 Å². The topological polar surface area (TPSA) is 219 Å². The first-order chi connectivity index (χ1) is 16.7. The number of carboxylic acid groups (broad SMARTS) is 1. The highest BCUT2D eigenvalue weighted by atomic mass is 32.2. The van der Waals surface area contributed by atoms with Gasteiger partial charge in [-0.1, -0.05) is 5.16 Å². The maximum atomic E-state index is 12.9. The predicted molar refractivity (Wildman–Crippen MR) is 129 cm³/mol. The smallest absolute Gasteiger partial charge is 0.352 e. The van der Waals surface area contributed by atoms with Crippen LogP contribution in [0.3, 0.4) is 0 Å². The van der Waals surface area contributed by atoms with Gasteiger partial charge in [-0.3, -0.25) is 14.5 Å². The summed E-state index contributed by atoms with van der Waals surface area (Å²) in [7, 11) is 1.26. The van der Waals surface area contributed by atoms with Crippen LogP contribution < -0.4 is 16.8 Å². The Morgan fingerprint density at radius 2 is 2.14 bits per heavy atom. The highest BCUT2D eigenvalue weighted by molar-refractivity contribution is 8.01. The number of amides is 2. The Kier molecular flexibility index (Phi) is 6.99. The highest BCUT2D eigenvalue weighted by Gasteiger charge is 2.54. The van der Waals surface area contributed by atoms with Crippen molar-refractivity contribution >= 4 is 69.3 Å². The molecule has 1 fully saturated rings. The molecule has 2 atom stereocenters. The number of aromatic nitrogens is 3. The van der Waals surface area contributed by atoms with Crippen LogP contribution in [0.15, 0.2) is 32.9 Å². The number of nitrogens with zero attached hydrogens (tertiary/aromatic N) is 5. The average molecular weight is 539 g/mol. The van der Waals surface area contributed by atoms with E-state index in [4.69, 9.17) is 16.3 Å². The summed E-state index contributed by atoms with van der Waals surface area (Å²) in [5.41, 5.74) is 11.6. The molecule has 35 heavy (non-hydrogen) atoms. The van der Waals surface area contributed by atoms with Gasteiger partial charge in [-0.05, 0) is 5.57 Å². The van der Waals surface area contributed by atoms with Crippen molar-refractivity contribution in [2.45, 2.75) is 16.4 Å². The third-order valence-electron chi connectivity index (χ3n) is 4.80. The lowest BCUT2D eigenvalue weighted by molar-refractivity contribution is -0.150. The summed E-state index contributed by atoms with van der Waals surface area (Å²) in [6.07, 6.45) is 0. The molecule has 2 aromatic heterocycles. The van der Waals surface area contributed by atoms with Crippen molar-refractivity contribution in [3.05, 3.63) is 28.4 Å². The Morgan fingerprint density at radius 3 is 2.77 bits per heavy atom. The molecular weight excluding hydrogens is 520 g/mol. The van der Waals surface area contributed by atoms with Crippen LogP contribution in [0.25, 0.3) is 0 Å². The van der Waals surface area contributed by atoms with E-state index in [1.165, 1.54) is 30.3 Å². The van der Waals surface area contributed by atoms with Crippen molar-refractivity contribution in [2.24, 2.45) is 5.16 Å². The van der Waals surface area contributed by atoms with Gasteiger partial charge in [0.2, 0.25) is 0 Å². The van der Waals surface area contributed by atoms with Crippen molar-refractivity contribution in [1.82, 2.24) is 25.2 Å². The van der Waals surface area contributed by atoms with Gasteiger partial charge in [0.05, 0.1) is 0 Å². The molecule has 0 aromatic carbocycles. The molecule has 0 bridgehead atoms. The SMILES string of the molecule is CON=C(C(=O)N[C@@H]1C(=O)N2C(C(=O)O)=C(CSc3cc(N)nc(O)n3)CS[C@@H]12)c1csc(N)n1. The Hall–Kier alpha value is -3.57. The number of nitrogens with two attached hydrogens (primary N) is 2. The molecule has 1 saturated heterocycles. The van der Waals surface area contributed by atoms with Crippen molar-refractivity contribution < 1.29 is 29.4 Å². The first-order valence-electron chi connectivity index (χ1n) is 9.69.